The van der Waals surface area contributed by atoms with Gasteiger partial charge < -0.3 is 14.2 Å². The van der Waals surface area contributed by atoms with Gasteiger partial charge in [-0.05, 0) is 75.2 Å². The second-order valence-electron chi connectivity index (χ2n) is 9.69. The third-order valence-electron chi connectivity index (χ3n) is 7.35. The van der Waals surface area contributed by atoms with Crippen molar-refractivity contribution >= 4 is 39.0 Å². The highest BCUT2D eigenvalue weighted by molar-refractivity contribution is 7.89. The number of nitro groups is 1. The van der Waals surface area contributed by atoms with Gasteiger partial charge in [0.15, 0.2) is 0 Å². The molecule has 1 aromatic heterocycles. The van der Waals surface area contributed by atoms with E-state index in [2.05, 4.69) is 0 Å². The van der Waals surface area contributed by atoms with Crippen molar-refractivity contribution in [2.45, 2.75) is 32.6 Å². The number of likely N-dealkylation sites (N-methyl/N-ethyl adjacent to an activating group) is 1. The second kappa shape index (κ2) is 10.1. The number of aromatic nitrogens is 1. The molecular formula is C28H30N4O6S. The van der Waals surface area contributed by atoms with E-state index in [9.17, 15) is 23.3 Å². The molecule has 1 saturated heterocycles. The first-order chi connectivity index (χ1) is 18.5. The smallest absolute Gasteiger partial charge is 0.269 e. The van der Waals surface area contributed by atoms with Gasteiger partial charge in [-0.1, -0.05) is 0 Å². The molecule has 2 aliphatic rings. The zero-order valence-electron chi connectivity index (χ0n) is 22.3. The van der Waals surface area contributed by atoms with Crippen LogP contribution in [0.15, 0.2) is 47.4 Å². The Hall–Kier alpha value is -3.80. The van der Waals surface area contributed by atoms with Crippen LogP contribution in [-0.4, -0.2) is 61.0 Å². The Morgan fingerprint density at radius 3 is 2.36 bits per heavy atom. The standard InChI is InChI=1S/C28H30N4O6S/c1-5-30-27-9-7-23(39(36,37)29-10-12-38-13-11-29)17-24(27)25(28(30)33)16-21-15-19(3)31(20(21)4)26-8-6-22(32(34)35)14-18(26)2/h6-9,14-17H,5,10-13H2,1-4H3. The van der Waals surface area contributed by atoms with Crippen molar-refractivity contribution in [3.63, 3.8) is 0 Å². The Morgan fingerprint density at radius 2 is 1.72 bits per heavy atom. The number of anilines is 1. The van der Waals surface area contributed by atoms with Crippen molar-refractivity contribution in [2.75, 3.05) is 37.7 Å². The number of ether oxygens (including phenoxy) is 1. The average Bonchev–Trinajstić information content (AvgIpc) is 3.35. The summed E-state index contributed by atoms with van der Waals surface area (Å²) in [6.45, 7) is 9.29. The summed E-state index contributed by atoms with van der Waals surface area (Å²) >= 11 is 0. The number of nitrogens with zero attached hydrogens (tertiary/aromatic N) is 4. The number of carbonyl (C=O) groups excluding carboxylic acids is 1. The highest BCUT2D eigenvalue weighted by atomic mass is 32.2. The summed E-state index contributed by atoms with van der Waals surface area (Å²) in [5.41, 5.74) is 5.83. The highest BCUT2D eigenvalue weighted by Crippen LogP contribution is 2.40. The lowest BCUT2D eigenvalue weighted by molar-refractivity contribution is -0.384. The maximum absolute atomic E-state index is 13.5. The van der Waals surface area contributed by atoms with Gasteiger partial charge in [-0.15, -0.1) is 0 Å². The minimum Gasteiger partial charge on any atom is -0.379 e. The largest absolute Gasteiger partial charge is 0.379 e. The number of carbonyl (C=O) groups is 1. The molecule has 10 nitrogen and oxygen atoms in total. The molecule has 0 aliphatic carbocycles. The minimum absolute atomic E-state index is 0.0247. The van der Waals surface area contributed by atoms with E-state index in [1.54, 1.807) is 35.2 Å². The van der Waals surface area contributed by atoms with E-state index in [4.69, 9.17) is 4.74 Å². The summed E-state index contributed by atoms with van der Waals surface area (Å²) in [7, 11) is -3.74. The Morgan fingerprint density at radius 1 is 1.03 bits per heavy atom. The fourth-order valence-corrected chi connectivity index (χ4v) is 6.78. The topological polar surface area (TPSA) is 115 Å². The van der Waals surface area contributed by atoms with E-state index in [1.807, 2.05) is 44.4 Å². The van der Waals surface area contributed by atoms with Crippen molar-refractivity contribution in [1.82, 2.24) is 8.87 Å². The van der Waals surface area contributed by atoms with Crippen LogP contribution in [0.5, 0.6) is 0 Å². The van der Waals surface area contributed by atoms with Crippen molar-refractivity contribution < 1.29 is 22.9 Å². The number of fused-ring (bicyclic) bond motifs is 1. The molecule has 0 saturated carbocycles. The molecule has 3 aromatic rings. The van der Waals surface area contributed by atoms with Crippen LogP contribution in [0.25, 0.3) is 17.3 Å². The number of amides is 1. The molecule has 204 valence electrons. The van der Waals surface area contributed by atoms with Crippen LogP contribution in [0.3, 0.4) is 0 Å². The van der Waals surface area contributed by atoms with Crippen molar-refractivity contribution in [3.8, 4) is 5.69 Å². The van der Waals surface area contributed by atoms with Crippen LogP contribution in [-0.2, 0) is 19.6 Å². The Kier molecular flexibility index (Phi) is 6.91. The molecule has 0 atom stereocenters. The molecular weight excluding hydrogens is 520 g/mol. The van der Waals surface area contributed by atoms with Crippen molar-refractivity contribution in [1.29, 1.82) is 0 Å². The third kappa shape index (κ3) is 4.56. The fourth-order valence-electron chi connectivity index (χ4n) is 5.35. The summed E-state index contributed by atoms with van der Waals surface area (Å²) < 4.78 is 35.4. The van der Waals surface area contributed by atoms with Gasteiger partial charge in [0.05, 0.1) is 28.7 Å². The second-order valence-corrected chi connectivity index (χ2v) is 11.6. The Bertz CT molecular complexity index is 1630. The molecule has 1 amide bonds. The van der Waals surface area contributed by atoms with E-state index >= 15 is 0 Å². The van der Waals surface area contributed by atoms with Gasteiger partial charge in [-0.3, -0.25) is 14.9 Å². The molecule has 3 heterocycles. The normalized spacial score (nSPS) is 17.2. The molecule has 0 N–H and O–H groups in total. The lowest BCUT2D eigenvalue weighted by atomic mass is 10.0. The maximum atomic E-state index is 13.5. The molecule has 11 heteroatoms. The molecule has 0 spiro atoms. The molecule has 2 aliphatic heterocycles. The van der Waals surface area contributed by atoms with Gasteiger partial charge in [-0.2, -0.15) is 4.31 Å². The molecule has 39 heavy (non-hydrogen) atoms. The molecule has 0 radical (unpaired) electrons. The molecule has 1 fully saturated rings. The highest BCUT2D eigenvalue weighted by Gasteiger charge is 2.34. The molecule has 5 rings (SSSR count). The summed E-state index contributed by atoms with van der Waals surface area (Å²) in [6, 6.07) is 11.6. The molecule has 0 unspecified atom stereocenters. The van der Waals surface area contributed by atoms with E-state index < -0.39 is 14.9 Å². The lowest BCUT2D eigenvalue weighted by Gasteiger charge is -2.26. The number of rotatable bonds is 6. The predicted octanol–water partition coefficient (Wildman–Crippen LogP) is 4.24. The minimum atomic E-state index is -3.74. The maximum Gasteiger partial charge on any atom is 0.269 e. The van der Waals surface area contributed by atoms with E-state index in [0.717, 1.165) is 28.2 Å². The SMILES string of the molecule is CCN1C(=O)C(=Cc2cc(C)n(-c3ccc([N+](=O)[O-])cc3C)c2C)c2cc(S(=O)(=O)N3CCOCC3)ccc21. The third-order valence-corrected chi connectivity index (χ3v) is 9.25. The quantitative estimate of drug-likeness (QED) is 0.258. The van der Waals surface area contributed by atoms with Crippen LogP contribution < -0.4 is 4.90 Å². The van der Waals surface area contributed by atoms with Gasteiger partial charge in [0.1, 0.15) is 0 Å². The first kappa shape index (κ1) is 26.8. The van der Waals surface area contributed by atoms with E-state index in [1.165, 1.54) is 10.4 Å². The van der Waals surface area contributed by atoms with Gasteiger partial charge >= 0.3 is 0 Å². The van der Waals surface area contributed by atoms with Crippen LogP contribution in [0, 0.1) is 30.9 Å². The van der Waals surface area contributed by atoms with Gasteiger partial charge in [-0.25, -0.2) is 8.42 Å². The first-order valence-electron chi connectivity index (χ1n) is 12.7. The Labute approximate surface area is 227 Å². The van der Waals surface area contributed by atoms with Crippen molar-refractivity contribution in [2.24, 2.45) is 0 Å². The zero-order chi connectivity index (χ0) is 28.1. The average molecular weight is 551 g/mol. The van der Waals surface area contributed by atoms with Crippen molar-refractivity contribution in [3.05, 3.63) is 80.7 Å². The van der Waals surface area contributed by atoms with E-state index in [0.29, 0.717) is 36.6 Å². The molecule has 2 aromatic carbocycles. The number of hydrogen-bond donors (Lipinski definition) is 0. The van der Waals surface area contributed by atoms with Crippen LogP contribution in [0.1, 0.15) is 35.0 Å². The van der Waals surface area contributed by atoms with Gasteiger partial charge in [0, 0.05) is 60.0 Å². The van der Waals surface area contributed by atoms with E-state index in [-0.39, 0.29) is 29.6 Å². The van der Waals surface area contributed by atoms with Gasteiger partial charge in [0.25, 0.3) is 11.6 Å². The number of benzene rings is 2. The predicted molar refractivity (Wildman–Crippen MR) is 149 cm³/mol. The number of aryl methyl sites for hydroxylation is 2. The first-order valence-corrected chi connectivity index (χ1v) is 14.2. The number of nitro benzene ring substituents is 1. The summed E-state index contributed by atoms with van der Waals surface area (Å²) in [5.74, 6) is -0.190. The lowest BCUT2D eigenvalue weighted by Crippen LogP contribution is -2.40. The summed E-state index contributed by atoms with van der Waals surface area (Å²) in [4.78, 5) is 26.1. The fraction of sp³-hybridized carbons (Fsp3) is 0.321. The number of sulfonamides is 1. The Balaban J connectivity index is 1.60. The number of morpholine rings is 1. The van der Waals surface area contributed by atoms with Gasteiger partial charge in [0.2, 0.25) is 10.0 Å². The van der Waals surface area contributed by atoms with Crippen LogP contribution in [0.4, 0.5) is 11.4 Å². The summed E-state index contributed by atoms with van der Waals surface area (Å²) in [5, 5.41) is 11.2. The summed E-state index contributed by atoms with van der Waals surface area (Å²) in [6.07, 6.45) is 1.81. The molecule has 0 bridgehead atoms. The van der Waals surface area contributed by atoms with Crippen LogP contribution >= 0.6 is 0 Å². The number of non-ortho nitro benzene ring substituents is 1. The van der Waals surface area contributed by atoms with Crippen LogP contribution in [0.2, 0.25) is 0 Å². The zero-order valence-corrected chi connectivity index (χ0v) is 23.1. The number of hydrogen-bond acceptors (Lipinski definition) is 6. The monoisotopic (exact) mass is 550 g/mol.